The van der Waals surface area contributed by atoms with Gasteiger partial charge in [0.15, 0.2) is 5.16 Å². The van der Waals surface area contributed by atoms with Crippen molar-refractivity contribution in [1.82, 2.24) is 24.9 Å². The van der Waals surface area contributed by atoms with Crippen LogP contribution in [0.5, 0.6) is 0 Å². The molecule has 0 radical (unpaired) electrons. The highest BCUT2D eigenvalue weighted by Crippen LogP contribution is 2.39. The number of nitrogens with zero attached hydrogens (tertiary/aromatic N) is 11. The summed E-state index contributed by atoms with van der Waals surface area (Å²) in [6.45, 7) is 15.1. The summed E-state index contributed by atoms with van der Waals surface area (Å²) in [4.78, 5) is 27.3. The molecular weight excluding hydrogens is 947 g/mol. The van der Waals surface area contributed by atoms with E-state index in [0.717, 1.165) is 64.7 Å². The Morgan fingerprint density at radius 1 is 0.667 bits per heavy atom. The number of thioether (sulfide) groups is 1. The van der Waals surface area contributed by atoms with Gasteiger partial charge in [-0.15, -0.1) is 33.1 Å². The quantitative estimate of drug-likeness (QED) is 0.0354. The van der Waals surface area contributed by atoms with Crippen LogP contribution in [0.2, 0.25) is 0 Å². The van der Waals surface area contributed by atoms with Crippen LogP contribution in [-0.4, -0.2) is 94.2 Å². The number of thiazole rings is 2. The number of aryl methyl sites for hydroxylation is 2. The van der Waals surface area contributed by atoms with Crippen LogP contribution < -0.4 is 20.4 Å². The van der Waals surface area contributed by atoms with E-state index in [0.29, 0.717) is 49.1 Å². The van der Waals surface area contributed by atoms with Gasteiger partial charge >= 0.3 is 10.6 Å². The van der Waals surface area contributed by atoms with Crippen molar-refractivity contribution >= 4 is 132 Å². The van der Waals surface area contributed by atoms with E-state index in [1.165, 1.54) is 29.2 Å². The summed E-state index contributed by atoms with van der Waals surface area (Å²) in [5.74, 6) is 0.755. The molecule has 0 saturated heterocycles. The molecule has 7 rings (SSSR count). The number of aliphatic hydroxyl groups excluding tert-OH is 1. The van der Waals surface area contributed by atoms with Crippen LogP contribution in [0.25, 0.3) is 20.4 Å². The predicted octanol–water partition coefficient (Wildman–Crippen LogP) is 10.0. The van der Waals surface area contributed by atoms with Crippen molar-refractivity contribution < 1.29 is 30.7 Å². The molecule has 0 spiro atoms. The third-order valence-electron chi connectivity index (χ3n) is 9.54. The monoisotopic (exact) mass is 991 g/mol. The molecule has 20 nitrogen and oxygen atoms in total. The Bertz CT molecular complexity index is 3130. The van der Waals surface area contributed by atoms with Crippen molar-refractivity contribution in [1.29, 1.82) is 0 Å². The van der Waals surface area contributed by atoms with Crippen molar-refractivity contribution in [3.8, 4) is 0 Å². The summed E-state index contributed by atoms with van der Waals surface area (Å²) in [5.41, 5.74) is 6.73. The maximum atomic E-state index is 12.2. The van der Waals surface area contributed by atoms with Gasteiger partial charge in [0, 0.05) is 43.3 Å². The first-order valence-corrected chi connectivity index (χ1v) is 25.3. The van der Waals surface area contributed by atoms with Crippen LogP contribution in [0.15, 0.2) is 97.2 Å². The minimum absolute atomic E-state index is 0.0861. The average molecular weight is 992 g/mol. The summed E-state index contributed by atoms with van der Waals surface area (Å²) < 4.78 is 61.1. The molecule has 66 heavy (non-hydrogen) atoms. The molecule has 7 aromatic rings. The fourth-order valence-corrected chi connectivity index (χ4v) is 9.69. The molecule has 0 aliphatic rings. The minimum Gasteiger partial charge on any atom is -0.396 e. The van der Waals surface area contributed by atoms with Gasteiger partial charge in [-0.1, -0.05) is 40.5 Å². The van der Waals surface area contributed by atoms with Crippen molar-refractivity contribution in [3.05, 3.63) is 77.9 Å². The lowest BCUT2D eigenvalue weighted by molar-refractivity contribution is 0.322. The lowest BCUT2D eigenvalue weighted by Gasteiger charge is -2.22. The molecule has 0 atom stereocenters. The van der Waals surface area contributed by atoms with Crippen molar-refractivity contribution in [2.45, 2.75) is 51.6 Å². The highest BCUT2D eigenvalue weighted by molar-refractivity contribution is 7.99. The molecular formula is C41H45N13O7S5. The Morgan fingerprint density at radius 3 is 1.70 bits per heavy atom. The van der Waals surface area contributed by atoms with Gasteiger partial charge in [-0.3, -0.25) is 4.55 Å². The van der Waals surface area contributed by atoms with E-state index in [1.54, 1.807) is 13.0 Å². The topological polar surface area (TPSA) is 270 Å². The largest absolute Gasteiger partial charge is 0.425 e. The molecule has 0 fully saturated rings. The first-order chi connectivity index (χ1) is 31.6. The van der Waals surface area contributed by atoms with E-state index in [1.807, 2.05) is 55.5 Å². The SMILES string of the molecule is CCN(CC)c1ccc(N=Nc2nc3ccc(C)cc3s2)c(Nc2nc(Nc3cc(N(CC)CC)ccc3N=Nc3nc4c(S(=O)(=O)O)cc(C)cc4s3)nc(SCCO)n2)c1.O=S(=O)=O. The van der Waals surface area contributed by atoms with Crippen molar-refractivity contribution in [2.75, 3.05) is 59.0 Å². The summed E-state index contributed by atoms with van der Waals surface area (Å²) in [6.07, 6.45) is 0. The predicted molar refractivity (Wildman–Crippen MR) is 261 cm³/mol. The lowest BCUT2D eigenvalue weighted by atomic mass is 10.2. The summed E-state index contributed by atoms with van der Waals surface area (Å²) in [6, 6.07) is 20.8. The van der Waals surface area contributed by atoms with Gasteiger partial charge in [-0.05, 0) is 113 Å². The molecule has 3 heterocycles. The van der Waals surface area contributed by atoms with Crippen molar-refractivity contribution in [2.24, 2.45) is 20.5 Å². The van der Waals surface area contributed by atoms with Gasteiger partial charge in [0.2, 0.25) is 22.2 Å². The number of rotatable bonds is 18. The number of benzene rings is 4. The molecule has 346 valence electrons. The Morgan fingerprint density at radius 2 is 1.18 bits per heavy atom. The first kappa shape index (κ1) is 49.3. The molecule has 0 aliphatic heterocycles. The Balaban J connectivity index is 0.00000173. The highest BCUT2D eigenvalue weighted by Gasteiger charge is 2.20. The van der Waals surface area contributed by atoms with E-state index in [4.69, 9.17) is 27.6 Å². The number of anilines is 6. The molecule has 0 aliphatic carbocycles. The fourth-order valence-electron chi connectivity index (χ4n) is 6.52. The normalized spacial score (nSPS) is 11.6. The lowest BCUT2D eigenvalue weighted by Crippen LogP contribution is -2.21. The zero-order valence-corrected chi connectivity index (χ0v) is 40.6. The van der Waals surface area contributed by atoms with Crippen LogP contribution >= 0.6 is 34.4 Å². The Hall–Kier alpha value is -6.09. The maximum Gasteiger partial charge on any atom is 0.425 e. The number of fused-ring (bicyclic) bond motifs is 2. The summed E-state index contributed by atoms with van der Waals surface area (Å²) in [5, 5.41) is 35.6. The van der Waals surface area contributed by atoms with Crippen LogP contribution in [-0.2, 0) is 20.7 Å². The third-order valence-corrected chi connectivity index (χ3v) is 13.0. The van der Waals surface area contributed by atoms with Crippen LogP contribution in [0.3, 0.4) is 0 Å². The second-order valence-electron chi connectivity index (χ2n) is 14.0. The zero-order chi connectivity index (χ0) is 47.5. The highest BCUT2D eigenvalue weighted by atomic mass is 32.2. The van der Waals surface area contributed by atoms with Gasteiger partial charge < -0.3 is 25.5 Å². The van der Waals surface area contributed by atoms with E-state index < -0.39 is 20.7 Å². The second-order valence-corrected chi connectivity index (χ2v) is 18.9. The standard InChI is InChI=1S/C41H45N13O4S4.O3S/c1-7-53(8-2)26-12-15-28(49-51-40-44-30-14-11-24(5)19-33(30)60-40)31(22-26)42-37-46-38(48-39(47-37)59-18-17-55)43-32-23-27(54(9-3)10-4)13-16-29(32)50-52-41-45-36-34(61-41)20-25(6)21-35(36)62(56,57)58;1-4(2)3/h11-16,19-23,55H,7-10,17-18H2,1-6H3,(H,56,57,58)(H2,42,43,46,47,48);. The molecule has 4 aromatic carbocycles. The third kappa shape index (κ3) is 12.8. The Labute approximate surface area is 394 Å². The molecule has 3 aromatic heterocycles. The first-order valence-electron chi connectivity index (χ1n) is 20.3. The number of azo groups is 2. The maximum absolute atomic E-state index is 12.2. The molecule has 0 bridgehead atoms. The minimum atomic E-state index is -4.53. The smallest absolute Gasteiger partial charge is 0.396 e. The van der Waals surface area contributed by atoms with Gasteiger partial charge in [0.25, 0.3) is 10.1 Å². The van der Waals surface area contributed by atoms with Crippen LogP contribution in [0.4, 0.5) is 56.3 Å². The summed E-state index contributed by atoms with van der Waals surface area (Å²) in [7, 11) is -7.64. The zero-order valence-electron chi connectivity index (χ0n) is 36.5. The van der Waals surface area contributed by atoms with Crippen LogP contribution in [0.1, 0.15) is 38.8 Å². The molecule has 25 heteroatoms. The summed E-state index contributed by atoms with van der Waals surface area (Å²) >= 11 is 3.88. The second kappa shape index (κ2) is 22.4. The molecule has 4 N–H and O–H groups in total. The van der Waals surface area contributed by atoms with E-state index >= 15 is 0 Å². The molecule has 0 amide bonds. The van der Waals surface area contributed by atoms with E-state index in [2.05, 4.69) is 84.6 Å². The van der Waals surface area contributed by atoms with E-state index in [-0.39, 0.29) is 34.0 Å². The molecule has 0 saturated carbocycles. The van der Waals surface area contributed by atoms with Gasteiger partial charge in [-0.2, -0.15) is 23.4 Å². The van der Waals surface area contributed by atoms with Crippen LogP contribution in [0, 0.1) is 13.8 Å². The number of aliphatic hydroxyl groups is 1. The number of nitrogens with one attached hydrogen (secondary N) is 2. The Kier molecular flexibility index (Phi) is 16.7. The van der Waals surface area contributed by atoms with Gasteiger partial charge in [-0.25, -0.2) is 9.97 Å². The number of aromatic nitrogens is 5. The molecule has 0 unspecified atom stereocenters. The number of hydrogen-bond donors (Lipinski definition) is 4. The van der Waals surface area contributed by atoms with Crippen molar-refractivity contribution in [3.63, 3.8) is 0 Å². The number of hydrogen-bond acceptors (Lipinski definition) is 22. The fraction of sp³-hybridized carbons (Fsp3) is 0.293. The van der Waals surface area contributed by atoms with Gasteiger partial charge in [0.1, 0.15) is 21.8 Å². The average Bonchev–Trinajstić information content (AvgIpc) is 3.88. The van der Waals surface area contributed by atoms with Gasteiger partial charge in [0.05, 0.1) is 32.9 Å². The van der Waals surface area contributed by atoms with E-state index in [9.17, 15) is 18.1 Å².